The number of hydrogen-bond acceptors (Lipinski definition) is 5. The minimum atomic E-state index is -0.787. The lowest BCUT2D eigenvalue weighted by Gasteiger charge is -2.24. The Bertz CT molecular complexity index is 878. The van der Waals surface area contributed by atoms with Gasteiger partial charge in [0.15, 0.2) is 0 Å². The van der Waals surface area contributed by atoms with Crippen molar-refractivity contribution in [3.8, 4) is 0 Å². The Kier molecular flexibility index (Phi) is 45.5. The summed E-state index contributed by atoms with van der Waals surface area (Å²) < 4.78 is 5.91. The first-order valence-electron chi connectivity index (χ1n) is 25.9. The average Bonchev–Trinajstić information content (AvgIpc) is 3.22. The van der Waals surface area contributed by atoms with Gasteiger partial charge in [0, 0.05) is 6.42 Å². The molecule has 3 unspecified atom stereocenters. The molecule has 0 heterocycles. The minimum Gasteiger partial charge on any atom is -0.462 e. The van der Waals surface area contributed by atoms with E-state index < -0.39 is 18.2 Å². The molecule has 3 N–H and O–H groups in total. The number of allylic oxidation sites excluding steroid dienone is 2. The van der Waals surface area contributed by atoms with Crippen molar-refractivity contribution in [2.75, 3.05) is 6.61 Å². The van der Waals surface area contributed by atoms with Crippen LogP contribution in [0.25, 0.3) is 0 Å². The van der Waals surface area contributed by atoms with Gasteiger partial charge in [-0.1, -0.05) is 238 Å². The Labute approximate surface area is 361 Å². The third-order valence-corrected chi connectivity index (χ3v) is 12.1. The summed E-state index contributed by atoms with van der Waals surface area (Å²) >= 11 is 0. The first kappa shape index (κ1) is 56.6. The molecule has 0 fully saturated rings. The van der Waals surface area contributed by atoms with E-state index >= 15 is 0 Å². The molecule has 0 aliphatic rings. The summed E-state index contributed by atoms with van der Waals surface area (Å²) in [6.45, 7) is 6.48. The molecule has 0 aromatic carbocycles. The molecule has 0 saturated carbocycles. The molecule has 0 spiro atoms. The van der Waals surface area contributed by atoms with Gasteiger partial charge in [-0.05, 0) is 44.9 Å². The minimum absolute atomic E-state index is 0.0635. The number of amides is 1. The number of ether oxygens (including phenoxy) is 1. The van der Waals surface area contributed by atoms with Gasteiger partial charge in [-0.3, -0.25) is 9.59 Å². The van der Waals surface area contributed by atoms with Gasteiger partial charge in [-0.25, -0.2) is 0 Å². The van der Waals surface area contributed by atoms with Crippen molar-refractivity contribution in [2.24, 2.45) is 0 Å². The maximum absolute atomic E-state index is 13.2. The molecule has 6 heteroatoms. The number of carbonyl (C=O) groups is 2. The molecule has 0 aliphatic heterocycles. The van der Waals surface area contributed by atoms with E-state index in [0.717, 1.165) is 51.4 Å². The molecular formula is C52H101NO5. The summed E-state index contributed by atoms with van der Waals surface area (Å²) in [5, 5.41) is 23.7. The third kappa shape index (κ3) is 41.3. The normalized spacial score (nSPS) is 13.3. The predicted octanol–water partition coefficient (Wildman–Crippen LogP) is 15.3. The smallest absolute Gasteiger partial charge is 0.306 e. The van der Waals surface area contributed by atoms with Crippen LogP contribution in [0.1, 0.15) is 284 Å². The van der Waals surface area contributed by atoms with Gasteiger partial charge in [0.2, 0.25) is 5.91 Å². The van der Waals surface area contributed by atoms with E-state index in [1.54, 1.807) is 0 Å². The Morgan fingerprint density at radius 3 is 1.26 bits per heavy atom. The summed E-state index contributed by atoms with van der Waals surface area (Å²) in [4.78, 5) is 26.1. The molecule has 344 valence electrons. The molecule has 0 saturated heterocycles. The number of esters is 1. The first-order chi connectivity index (χ1) is 28.5. The number of rotatable bonds is 47. The van der Waals surface area contributed by atoms with Crippen molar-refractivity contribution in [3.63, 3.8) is 0 Å². The van der Waals surface area contributed by atoms with Crippen LogP contribution in [-0.4, -0.2) is 46.9 Å². The average molecular weight is 820 g/mol. The molecule has 0 bridgehead atoms. The maximum Gasteiger partial charge on any atom is 0.306 e. The second kappa shape index (κ2) is 46.7. The summed E-state index contributed by atoms with van der Waals surface area (Å²) in [5.74, 6) is -0.487. The fraction of sp³-hybridized carbons (Fsp3) is 0.923. The van der Waals surface area contributed by atoms with Crippen molar-refractivity contribution in [1.82, 2.24) is 5.32 Å². The lowest BCUT2D eigenvalue weighted by Crippen LogP contribution is -2.46. The van der Waals surface area contributed by atoms with Gasteiger partial charge in [0.1, 0.15) is 6.10 Å². The number of nitrogens with one attached hydrogen (secondary N) is 1. The zero-order chi connectivity index (χ0) is 42.4. The Hall–Kier alpha value is -1.40. The lowest BCUT2D eigenvalue weighted by molar-refractivity contribution is -0.151. The van der Waals surface area contributed by atoms with E-state index in [0.29, 0.717) is 19.3 Å². The Morgan fingerprint density at radius 2 is 0.845 bits per heavy atom. The van der Waals surface area contributed by atoms with Crippen molar-refractivity contribution in [1.29, 1.82) is 0 Å². The van der Waals surface area contributed by atoms with Gasteiger partial charge in [-0.2, -0.15) is 0 Å². The molecule has 0 radical (unpaired) electrons. The highest BCUT2D eigenvalue weighted by molar-refractivity contribution is 5.77. The number of aliphatic hydroxyl groups excluding tert-OH is 2. The highest BCUT2D eigenvalue weighted by Gasteiger charge is 2.24. The summed E-state index contributed by atoms with van der Waals surface area (Å²) in [5.41, 5.74) is 0. The van der Waals surface area contributed by atoms with E-state index in [-0.39, 0.29) is 24.9 Å². The predicted molar refractivity (Wildman–Crippen MR) is 250 cm³/mol. The van der Waals surface area contributed by atoms with Gasteiger partial charge < -0.3 is 20.3 Å². The van der Waals surface area contributed by atoms with E-state index in [1.165, 1.54) is 186 Å². The molecule has 0 rings (SSSR count). The van der Waals surface area contributed by atoms with Gasteiger partial charge in [0.05, 0.1) is 25.2 Å². The molecule has 3 atom stereocenters. The molecule has 58 heavy (non-hydrogen) atoms. The van der Waals surface area contributed by atoms with Crippen molar-refractivity contribution in [2.45, 2.75) is 302 Å². The summed E-state index contributed by atoms with van der Waals surface area (Å²) in [6, 6.07) is -0.702. The van der Waals surface area contributed by atoms with Crippen LogP contribution >= 0.6 is 0 Å². The highest BCUT2D eigenvalue weighted by Crippen LogP contribution is 2.18. The SMILES string of the molecule is CCCCCCCC/C=C\CCCC(CC(=O)NC(CO)C(O)CCCCCCCCCCCCCC)OC(=O)CCCCCCCCCCCCCCCCCC. The lowest BCUT2D eigenvalue weighted by atomic mass is 10.0. The van der Waals surface area contributed by atoms with Crippen LogP contribution in [-0.2, 0) is 14.3 Å². The quantitative estimate of drug-likeness (QED) is 0.0323. The topological polar surface area (TPSA) is 95.9 Å². The largest absolute Gasteiger partial charge is 0.462 e. The molecular weight excluding hydrogens is 719 g/mol. The zero-order valence-electron chi connectivity index (χ0n) is 39.2. The van der Waals surface area contributed by atoms with Crippen LogP contribution in [0.5, 0.6) is 0 Å². The number of aliphatic hydroxyl groups is 2. The van der Waals surface area contributed by atoms with Crippen molar-refractivity contribution < 1.29 is 24.5 Å². The third-order valence-electron chi connectivity index (χ3n) is 12.1. The van der Waals surface area contributed by atoms with Crippen LogP contribution in [0.2, 0.25) is 0 Å². The fourth-order valence-electron chi connectivity index (χ4n) is 8.14. The summed E-state index contributed by atoms with van der Waals surface area (Å²) in [7, 11) is 0. The van der Waals surface area contributed by atoms with Gasteiger partial charge in [0.25, 0.3) is 0 Å². The standard InChI is InChI=1S/C52H101NO5/c1-4-7-10-13-16-19-22-24-25-26-27-30-33-36-39-42-45-52(57)58-48(43-40-37-34-31-28-21-18-15-12-9-6-3)46-51(56)53-49(47-54)50(55)44-41-38-35-32-29-23-20-17-14-11-8-5-2/h31,34,48-50,54-55H,4-30,32-33,35-47H2,1-3H3,(H,53,56)/b34-31-. The molecule has 0 aromatic heterocycles. The zero-order valence-corrected chi connectivity index (χ0v) is 39.2. The number of unbranched alkanes of at least 4 members (excludes halogenated alkanes) is 33. The maximum atomic E-state index is 13.2. The van der Waals surface area contributed by atoms with Crippen molar-refractivity contribution >= 4 is 11.9 Å². The Balaban J connectivity index is 4.50. The van der Waals surface area contributed by atoms with Gasteiger partial charge in [-0.15, -0.1) is 0 Å². The van der Waals surface area contributed by atoms with E-state index in [9.17, 15) is 19.8 Å². The molecule has 0 aliphatic carbocycles. The monoisotopic (exact) mass is 820 g/mol. The van der Waals surface area contributed by atoms with Crippen LogP contribution in [0.3, 0.4) is 0 Å². The van der Waals surface area contributed by atoms with Crippen LogP contribution in [0.4, 0.5) is 0 Å². The summed E-state index contributed by atoms with van der Waals surface area (Å²) in [6.07, 6.45) is 51.3. The second-order valence-corrected chi connectivity index (χ2v) is 17.9. The van der Waals surface area contributed by atoms with E-state index in [2.05, 4.69) is 38.2 Å². The van der Waals surface area contributed by atoms with Crippen LogP contribution < -0.4 is 5.32 Å². The number of carbonyl (C=O) groups excluding carboxylic acids is 2. The van der Waals surface area contributed by atoms with E-state index in [1.807, 2.05) is 0 Å². The van der Waals surface area contributed by atoms with Crippen LogP contribution in [0, 0.1) is 0 Å². The molecule has 6 nitrogen and oxygen atoms in total. The fourth-order valence-corrected chi connectivity index (χ4v) is 8.14. The van der Waals surface area contributed by atoms with Gasteiger partial charge >= 0.3 is 5.97 Å². The first-order valence-corrected chi connectivity index (χ1v) is 25.9. The highest BCUT2D eigenvalue weighted by atomic mass is 16.5. The van der Waals surface area contributed by atoms with Crippen LogP contribution in [0.15, 0.2) is 12.2 Å². The molecule has 1 amide bonds. The second-order valence-electron chi connectivity index (χ2n) is 17.9. The van der Waals surface area contributed by atoms with Crippen molar-refractivity contribution in [3.05, 3.63) is 12.2 Å². The number of hydrogen-bond donors (Lipinski definition) is 3. The Morgan fingerprint density at radius 1 is 0.483 bits per heavy atom. The molecule has 0 aromatic rings. The van der Waals surface area contributed by atoms with E-state index in [4.69, 9.17) is 4.74 Å².